The van der Waals surface area contributed by atoms with Crippen molar-refractivity contribution in [3.63, 3.8) is 0 Å². The van der Waals surface area contributed by atoms with Crippen molar-refractivity contribution in [2.75, 3.05) is 5.01 Å². The Kier molecular flexibility index (Phi) is 2.57. The highest BCUT2D eigenvalue weighted by molar-refractivity contribution is 5.82. The van der Waals surface area contributed by atoms with E-state index in [2.05, 4.69) is 5.43 Å². The summed E-state index contributed by atoms with van der Waals surface area (Å²) in [6.45, 7) is 0. The second-order valence-corrected chi connectivity index (χ2v) is 3.43. The maximum atomic E-state index is 11.2. The number of carbonyl (C=O) groups is 1. The Morgan fingerprint density at radius 3 is 2.60 bits per heavy atom. The van der Waals surface area contributed by atoms with Gasteiger partial charge in [-0.25, -0.2) is 0 Å². The lowest BCUT2D eigenvalue weighted by Gasteiger charge is -2.26. The second-order valence-electron chi connectivity index (χ2n) is 3.43. The van der Waals surface area contributed by atoms with E-state index in [9.17, 15) is 4.79 Å². The lowest BCUT2D eigenvalue weighted by Crippen LogP contribution is -2.44. The summed E-state index contributed by atoms with van der Waals surface area (Å²) in [5.41, 5.74) is 3.31. The molecule has 1 unspecified atom stereocenters. The van der Waals surface area contributed by atoms with Crippen LogP contribution >= 0.6 is 0 Å². The molecule has 1 amide bonds. The lowest BCUT2D eigenvalue weighted by molar-refractivity contribution is -0.120. The first kappa shape index (κ1) is 9.95. The highest BCUT2D eigenvalue weighted by Crippen LogP contribution is 2.21. The number of aliphatic hydroxyl groups is 2. The number of amides is 1. The molecule has 1 saturated heterocycles. The molecule has 80 valence electrons. The zero-order valence-electron chi connectivity index (χ0n) is 8.00. The quantitative estimate of drug-likeness (QED) is 0.579. The summed E-state index contributed by atoms with van der Waals surface area (Å²) < 4.78 is 0. The monoisotopic (exact) mass is 208 g/mol. The van der Waals surface area contributed by atoms with E-state index in [0.29, 0.717) is 0 Å². The van der Waals surface area contributed by atoms with Crippen LogP contribution in [0.5, 0.6) is 0 Å². The zero-order valence-corrected chi connectivity index (χ0v) is 8.00. The first-order chi connectivity index (χ1) is 7.18. The van der Waals surface area contributed by atoms with Crippen molar-refractivity contribution in [1.82, 2.24) is 5.43 Å². The third-order valence-corrected chi connectivity index (χ3v) is 2.35. The van der Waals surface area contributed by atoms with Gasteiger partial charge in [-0.05, 0) is 12.1 Å². The number of hydrogen-bond acceptors (Lipinski definition) is 4. The van der Waals surface area contributed by atoms with Crippen molar-refractivity contribution in [3.8, 4) is 0 Å². The van der Waals surface area contributed by atoms with E-state index in [1.165, 1.54) is 5.01 Å². The number of carbonyl (C=O) groups excluding carboxylic acids is 1. The lowest BCUT2D eigenvalue weighted by atomic mass is 10.2. The van der Waals surface area contributed by atoms with Gasteiger partial charge in [0.05, 0.1) is 12.1 Å². The zero-order chi connectivity index (χ0) is 10.8. The number of rotatable bonds is 2. The minimum absolute atomic E-state index is 0.0898. The predicted octanol–water partition coefficient (Wildman–Crippen LogP) is -0.393. The molecule has 1 aromatic rings. The number of hydrazine groups is 1. The van der Waals surface area contributed by atoms with Crippen molar-refractivity contribution in [1.29, 1.82) is 0 Å². The van der Waals surface area contributed by atoms with E-state index in [4.69, 9.17) is 10.2 Å². The molecule has 5 nitrogen and oxygen atoms in total. The molecule has 1 atom stereocenters. The van der Waals surface area contributed by atoms with Crippen LogP contribution in [0.1, 0.15) is 6.42 Å². The number of hydrogen-bond donors (Lipinski definition) is 3. The normalized spacial score (nSPS) is 20.9. The third kappa shape index (κ3) is 1.93. The van der Waals surface area contributed by atoms with Gasteiger partial charge in [0.25, 0.3) is 0 Å². The van der Waals surface area contributed by atoms with E-state index in [0.717, 1.165) is 5.69 Å². The maximum Gasteiger partial charge on any atom is 0.240 e. The van der Waals surface area contributed by atoms with Gasteiger partial charge in [-0.3, -0.25) is 15.2 Å². The molecule has 2 rings (SSSR count). The molecule has 1 aromatic carbocycles. The Bertz CT molecular complexity index is 353. The minimum atomic E-state index is -1.54. The van der Waals surface area contributed by atoms with E-state index < -0.39 is 12.3 Å². The molecule has 15 heavy (non-hydrogen) atoms. The van der Waals surface area contributed by atoms with Gasteiger partial charge in [-0.15, -0.1) is 0 Å². The van der Waals surface area contributed by atoms with Gasteiger partial charge in [-0.2, -0.15) is 0 Å². The van der Waals surface area contributed by atoms with Crippen molar-refractivity contribution in [2.45, 2.75) is 18.8 Å². The van der Waals surface area contributed by atoms with E-state index in [-0.39, 0.29) is 12.3 Å². The Hall–Kier alpha value is -1.59. The molecule has 0 saturated carbocycles. The van der Waals surface area contributed by atoms with Gasteiger partial charge in [-0.1, -0.05) is 18.2 Å². The molecule has 1 fully saturated rings. The van der Waals surface area contributed by atoms with Gasteiger partial charge < -0.3 is 10.2 Å². The molecule has 0 aromatic heterocycles. The van der Waals surface area contributed by atoms with Gasteiger partial charge in [0, 0.05) is 0 Å². The molecular weight excluding hydrogens is 196 g/mol. The Morgan fingerprint density at radius 1 is 1.33 bits per heavy atom. The van der Waals surface area contributed by atoms with E-state index in [1.54, 1.807) is 12.1 Å². The summed E-state index contributed by atoms with van der Waals surface area (Å²) in [4.78, 5) is 11.2. The number of anilines is 1. The SMILES string of the molecule is O=C1CC(C(O)O)N(c2ccccc2)N1. The van der Waals surface area contributed by atoms with Crippen molar-refractivity contribution in [3.05, 3.63) is 30.3 Å². The summed E-state index contributed by atoms with van der Waals surface area (Å²) in [5, 5.41) is 19.7. The van der Waals surface area contributed by atoms with Crippen molar-refractivity contribution >= 4 is 11.6 Å². The molecule has 0 bridgehead atoms. The van der Waals surface area contributed by atoms with Gasteiger partial charge in [0.2, 0.25) is 5.91 Å². The topological polar surface area (TPSA) is 72.8 Å². The fraction of sp³-hybridized carbons (Fsp3) is 0.300. The minimum Gasteiger partial charge on any atom is -0.366 e. The molecule has 1 aliphatic rings. The fourth-order valence-electron chi connectivity index (χ4n) is 1.63. The summed E-state index contributed by atoms with van der Waals surface area (Å²) in [6.07, 6.45) is -1.45. The maximum absolute atomic E-state index is 11.2. The number of para-hydroxylation sites is 1. The number of nitrogens with zero attached hydrogens (tertiary/aromatic N) is 1. The van der Waals surface area contributed by atoms with Crippen molar-refractivity contribution < 1.29 is 15.0 Å². The summed E-state index contributed by atoms with van der Waals surface area (Å²) >= 11 is 0. The van der Waals surface area contributed by atoms with Crippen LogP contribution in [-0.4, -0.2) is 28.5 Å². The first-order valence-corrected chi connectivity index (χ1v) is 4.68. The summed E-state index contributed by atoms with van der Waals surface area (Å²) in [5.74, 6) is -0.211. The molecule has 3 N–H and O–H groups in total. The Morgan fingerprint density at radius 2 is 2.00 bits per heavy atom. The van der Waals surface area contributed by atoms with Gasteiger partial charge in [0.15, 0.2) is 6.29 Å². The van der Waals surface area contributed by atoms with Crippen LogP contribution in [0.4, 0.5) is 5.69 Å². The first-order valence-electron chi connectivity index (χ1n) is 4.68. The second kappa shape index (κ2) is 3.88. The predicted molar refractivity (Wildman–Crippen MR) is 53.7 cm³/mol. The molecule has 0 spiro atoms. The molecule has 1 heterocycles. The Balaban J connectivity index is 2.24. The van der Waals surface area contributed by atoms with Crippen LogP contribution in [0.25, 0.3) is 0 Å². The smallest absolute Gasteiger partial charge is 0.240 e. The van der Waals surface area contributed by atoms with Gasteiger partial charge >= 0.3 is 0 Å². The molecule has 5 heteroatoms. The van der Waals surface area contributed by atoms with Crippen LogP contribution in [0.15, 0.2) is 30.3 Å². The van der Waals surface area contributed by atoms with E-state index in [1.807, 2.05) is 18.2 Å². The molecule has 1 aliphatic heterocycles. The largest absolute Gasteiger partial charge is 0.366 e. The number of nitrogens with one attached hydrogen (secondary N) is 1. The molecule has 0 radical (unpaired) electrons. The van der Waals surface area contributed by atoms with Crippen LogP contribution in [0.2, 0.25) is 0 Å². The van der Waals surface area contributed by atoms with Crippen LogP contribution in [0.3, 0.4) is 0 Å². The molecule has 0 aliphatic carbocycles. The number of aliphatic hydroxyl groups excluding tert-OH is 1. The average Bonchev–Trinajstić information content (AvgIpc) is 2.62. The average molecular weight is 208 g/mol. The third-order valence-electron chi connectivity index (χ3n) is 2.35. The summed E-state index contributed by atoms with van der Waals surface area (Å²) in [6, 6.07) is 8.45. The van der Waals surface area contributed by atoms with Gasteiger partial charge in [0.1, 0.15) is 6.04 Å². The number of benzene rings is 1. The standard InChI is InChI=1S/C10H12N2O3/c13-9-6-8(10(14)15)12(11-9)7-4-2-1-3-5-7/h1-5,8,10,14-15H,6H2,(H,11,13). The van der Waals surface area contributed by atoms with E-state index >= 15 is 0 Å². The van der Waals surface area contributed by atoms with Crippen LogP contribution in [-0.2, 0) is 4.79 Å². The van der Waals surface area contributed by atoms with Crippen molar-refractivity contribution in [2.24, 2.45) is 0 Å². The van der Waals surface area contributed by atoms with Crippen LogP contribution < -0.4 is 10.4 Å². The highest BCUT2D eigenvalue weighted by atomic mass is 16.5. The molecular formula is C10H12N2O3. The fourth-order valence-corrected chi connectivity index (χ4v) is 1.63. The van der Waals surface area contributed by atoms with Crippen LogP contribution in [0, 0.1) is 0 Å². The Labute approximate surface area is 86.9 Å². The summed E-state index contributed by atoms with van der Waals surface area (Å²) in [7, 11) is 0. The highest BCUT2D eigenvalue weighted by Gasteiger charge is 2.34.